The Hall–Kier alpha value is -1.79. The predicted molar refractivity (Wildman–Crippen MR) is 85.6 cm³/mol. The Balaban J connectivity index is 1.82. The van der Waals surface area contributed by atoms with Crippen molar-refractivity contribution in [1.29, 1.82) is 0 Å². The summed E-state index contributed by atoms with van der Waals surface area (Å²) in [5.41, 5.74) is 0.646. The van der Waals surface area contributed by atoms with Gasteiger partial charge in [0, 0.05) is 0 Å². The maximum absolute atomic E-state index is 13.7. The molecule has 6 heteroatoms. The van der Waals surface area contributed by atoms with E-state index in [0.29, 0.717) is 0 Å². The standard InChI is InChI=1S/C16H11F2NOS2/c1-9(15(20)11-8-10(17)6-7-12(11)18)21-16-19-13-4-2-3-5-14(13)22-16/h2-9H,1H3. The molecule has 0 spiro atoms. The maximum atomic E-state index is 13.7. The van der Waals surface area contributed by atoms with E-state index in [1.165, 1.54) is 23.1 Å². The van der Waals surface area contributed by atoms with E-state index in [0.717, 1.165) is 32.8 Å². The number of thioether (sulfide) groups is 1. The topological polar surface area (TPSA) is 30.0 Å². The Morgan fingerprint density at radius 3 is 2.77 bits per heavy atom. The molecule has 2 nitrogen and oxygen atoms in total. The van der Waals surface area contributed by atoms with Crippen LogP contribution in [0, 0.1) is 11.6 Å². The van der Waals surface area contributed by atoms with Gasteiger partial charge in [0.1, 0.15) is 11.6 Å². The summed E-state index contributed by atoms with van der Waals surface area (Å²) in [4.78, 5) is 16.7. The van der Waals surface area contributed by atoms with Gasteiger partial charge in [0.15, 0.2) is 10.1 Å². The molecule has 1 unspecified atom stereocenters. The first-order chi connectivity index (χ1) is 10.5. The zero-order valence-corrected chi connectivity index (χ0v) is 13.2. The fourth-order valence-electron chi connectivity index (χ4n) is 2.01. The van der Waals surface area contributed by atoms with Crippen LogP contribution in [0.25, 0.3) is 10.2 Å². The number of hydrogen-bond acceptors (Lipinski definition) is 4. The monoisotopic (exact) mass is 335 g/mol. The van der Waals surface area contributed by atoms with Gasteiger partial charge in [-0.05, 0) is 37.3 Å². The van der Waals surface area contributed by atoms with E-state index in [-0.39, 0.29) is 5.56 Å². The Kier molecular flexibility index (Phi) is 4.22. The predicted octanol–water partition coefficient (Wildman–Crippen LogP) is 4.94. The largest absolute Gasteiger partial charge is 0.293 e. The van der Waals surface area contributed by atoms with Gasteiger partial charge in [-0.3, -0.25) is 4.79 Å². The number of benzene rings is 2. The van der Waals surface area contributed by atoms with Crippen LogP contribution in [0.2, 0.25) is 0 Å². The average molecular weight is 335 g/mol. The fourth-order valence-corrected chi connectivity index (χ4v) is 4.29. The molecule has 3 rings (SSSR count). The normalized spacial score (nSPS) is 12.5. The molecule has 0 aliphatic heterocycles. The molecule has 22 heavy (non-hydrogen) atoms. The lowest BCUT2D eigenvalue weighted by Gasteiger charge is -2.09. The second kappa shape index (κ2) is 6.14. The summed E-state index contributed by atoms with van der Waals surface area (Å²) in [6.07, 6.45) is 0. The lowest BCUT2D eigenvalue weighted by Crippen LogP contribution is -2.15. The highest BCUT2D eigenvalue weighted by Crippen LogP contribution is 2.33. The third kappa shape index (κ3) is 3.03. The number of fused-ring (bicyclic) bond motifs is 1. The van der Waals surface area contributed by atoms with E-state index >= 15 is 0 Å². The van der Waals surface area contributed by atoms with Crippen molar-refractivity contribution in [2.75, 3.05) is 0 Å². The summed E-state index contributed by atoms with van der Waals surface area (Å²) in [5.74, 6) is -1.77. The molecular weight excluding hydrogens is 324 g/mol. The number of para-hydroxylation sites is 1. The van der Waals surface area contributed by atoms with Gasteiger partial charge in [-0.1, -0.05) is 23.9 Å². The van der Waals surface area contributed by atoms with Crippen LogP contribution >= 0.6 is 23.1 Å². The van der Waals surface area contributed by atoms with Crippen LogP contribution in [0.3, 0.4) is 0 Å². The van der Waals surface area contributed by atoms with Crippen LogP contribution in [-0.2, 0) is 0 Å². The molecule has 112 valence electrons. The third-order valence-electron chi connectivity index (χ3n) is 3.11. The molecule has 1 atom stereocenters. The number of halogens is 2. The number of thiazole rings is 1. The zero-order chi connectivity index (χ0) is 15.7. The van der Waals surface area contributed by atoms with Crippen molar-refractivity contribution in [3.63, 3.8) is 0 Å². The number of nitrogens with zero attached hydrogens (tertiary/aromatic N) is 1. The lowest BCUT2D eigenvalue weighted by molar-refractivity contribution is 0.0989. The Labute approximate surface area is 134 Å². The third-order valence-corrected chi connectivity index (χ3v) is 5.35. The minimum Gasteiger partial charge on any atom is -0.293 e. The number of hydrogen-bond donors (Lipinski definition) is 0. The van der Waals surface area contributed by atoms with E-state index in [1.54, 1.807) is 6.92 Å². The molecule has 0 bridgehead atoms. The van der Waals surface area contributed by atoms with Gasteiger partial charge >= 0.3 is 0 Å². The van der Waals surface area contributed by atoms with Crippen molar-refractivity contribution in [2.24, 2.45) is 0 Å². The molecule has 0 amide bonds. The second-order valence-corrected chi connectivity index (χ2v) is 7.31. The average Bonchev–Trinajstić information content (AvgIpc) is 2.91. The minimum absolute atomic E-state index is 0.221. The van der Waals surface area contributed by atoms with Gasteiger partial charge in [-0.2, -0.15) is 0 Å². The second-order valence-electron chi connectivity index (χ2n) is 4.70. The Bertz CT molecular complexity index is 814. The SMILES string of the molecule is CC(Sc1nc2ccccc2s1)C(=O)c1cc(F)ccc1F. The van der Waals surface area contributed by atoms with Crippen molar-refractivity contribution >= 4 is 39.1 Å². The molecule has 0 fully saturated rings. The summed E-state index contributed by atoms with van der Waals surface area (Å²) in [6, 6.07) is 10.6. The van der Waals surface area contributed by atoms with Crippen molar-refractivity contribution in [2.45, 2.75) is 16.5 Å². The molecule has 0 aliphatic rings. The van der Waals surface area contributed by atoms with Crippen LogP contribution < -0.4 is 0 Å². The number of ketones is 1. The summed E-state index contributed by atoms with van der Waals surface area (Å²) in [7, 11) is 0. The zero-order valence-electron chi connectivity index (χ0n) is 11.5. The first kappa shape index (κ1) is 15.1. The quantitative estimate of drug-likeness (QED) is 0.500. The van der Waals surface area contributed by atoms with E-state index in [9.17, 15) is 13.6 Å². The van der Waals surface area contributed by atoms with Crippen molar-refractivity contribution in [3.8, 4) is 0 Å². The van der Waals surface area contributed by atoms with E-state index in [4.69, 9.17) is 0 Å². The lowest BCUT2D eigenvalue weighted by atomic mass is 10.1. The number of rotatable bonds is 4. The van der Waals surface area contributed by atoms with Gasteiger partial charge < -0.3 is 0 Å². The van der Waals surface area contributed by atoms with Crippen molar-refractivity contribution in [3.05, 3.63) is 59.7 Å². The van der Waals surface area contributed by atoms with Crippen LogP contribution in [0.1, 0.15) is 17.3 Å². The smallest absolute Gasteiger partial charge is 0.179 e. The molecule has 1 heterocycles. The van der Waals surface area contributed by atoms with Crippen LogP contribution in [0.5, 0.6) is 0 Å². The maximum Gasteiger partial charge on any atom is 0.179 e. The van der Waals surface area contributed by atoms with Crippen LogP contribution in [0.15, 0.2) is 46.8 Å². The fraction of sp³-hybridized carbons (Fsp3) is 0.125. The highest BCUT2D eigenvalue weighted by molar-refractivity contribution is 8.02. The molecule has 2 aromatic carbocycles. The summed E-state index contributed by atoms with van der Waals surface area (Å²) >= 11 is 2.73. The summed E-state index contributed by atoms with van der Waals surface area (Å²) in [5, 5.41) is -0.545. The highest BCUT2D eigenvalue weighted by atomic mass is 32.2. The molecular formula is C16H11F2NOS2. The van der Waals surface area contributed by atoms with Gasteiger partial charge in [0.05, 0.1) is 21.0 Å². The molecule has 1 aromatic heterocycles. The number of aromatic nitrogens is 1. The number of carbonyl (C=O) groups excluding carboxylic acids is 1. The van der Waals surface area contributed by atoms with Gasteiger partial charge in [-0.25, -0.2) is 13.8 Å². The first-order valence-electron chi connectivity index (χ1n) is 6.56. The highest BCUT2D eigenvalue weighted by Gasteiger charge is 2.21. The number of carbonyl (C=O) groups is 1. The Morgan fingerprint density at radius 1 is 1.23 bits per heavy atom. The molecule has 0 aliphatic carbocycles. The van der Waals surface area contributed by atoms with E-state index < -0.39 is 22.7 Å². The summed E-state index contributed by atoms with van der Waals surface area (Å²) < 4.78 is 28.6. The molecule has 0 N–H and O–H groups in total. The van der Waals surface area contributed by atoms with Gasteiger partial charge in [-0.15, -0.1) is 11.3 Å². The molecule has 0 saturated heterocycles. The van der Waals surface area contributed by atoms with Crippen LogP contribution in [0.4, 0.5) is 8.78 Å². The molecule has 0 saturated carbocycles. The van der Waals surface area contributed by atoms with Gasteiger partial charge in [0.2, 0.25) is 0 Å². The van der Waals surface area contributed by atoms with E-state index in [2.05, 4.69) is 4.98 Å². The van der Waals surface area contributed by atoms with Crippen molar-refractivity contribution in [1.82, 2.24) is 4.98 Å². The first-order valence-corrected chi connectivity index (χ1v) is 8.25. The van der Waals surface area contributed by atoms with Crippen molar-refractivity contribution < 1.29 is 13.6 Å². The van der Waals surface area contributed by atoms with Crippen LogP contribution in [-0.4, -0.2) is 16.0 Å². The number of Topliss-reactive ketones (excluding diaryl/α,β-unsaturated/α-hetero) is 1. The summed E-state index contributed by atoms with van der Waals surface area (Å²) in [6.45, 7) is 1.67. The van der Waals surface area contributed by atoms with Gasteiger partial charge in [0.25, 0.3) is 0 Å². The Morgan fingerprint density at radius 2 is 2.00 bits per heavy atom. The van der Waals surface area contributed by atoms with E-state index in [1.807, 2.05) is 24.3 Å². The molecule has 3 aromatic rings. The molecule has 0 radical (unpaired) electrons. The minimum atomic E-state index is -0.705.